The van der Waals surface area contributed by atoms with Gasteiger partial charge < -0.3 is 9.47 Å². The van der Waals surface area contributed by atoms with E-state index in [0.717, 1.165) is 11.3 Å². The first-order valence-corrected chi connectivity index (χ1v) is 5.97. The maximum absolute atomic E-state index is 11.3. The summed E-state index contributed by atoms with van der Waals surface area (Å²) in [5, 5.41) is 0. The molecule has 0 radical (unpaired) electrons. The van der Waals surface area contributed by atoms with Gasteiger partial charge in [0.1, 0.15) is 5.75 Å². The highest BCUT2D eigenvalue weighted by molar-refractivity contribution is 5.90. The van der Waals surface area contributed by atoms with Crippen LogP contribution in [0.5, 0.6) is 5.75 Å². The molecule has 1 aromatic rings. The monoisotopic (exact) mass is 265 g/mol. The van der Waals surface area contributed by atoms with Crippen LogP contribution >= 0.6 is 0 Å². The van der Waals surface area contributed by atoms with E-state index >= 15 is 0 Å². The van der Waals surface area contributed by atoms with Crippen LogP contribution < -0.4 is 10.2 Å². The van der Waals surface area contributed by atoms with Gasteiger partial charge in [0.05, 0.1) is 6.10 Å². The lowest BCUT2D eigenvalue weighted by molar-refractivity contribution is -0.139. The van der Waals surface area contributed by atoms with E-state index in [1.54, 1.807) is 6.08 Å². The normalized spacial score (nSPS) is 10.9. The van der Waals surface area contributed by atoms with Gasteiger partial charge in [-0.15, -0.1) is 0 Å². The Morgan fingerprint density at radius 3 is 2.89 bits per heavy atom. The fourth-order valence-electron chi connectivity index (χ4n) is 1.33. The Bertz CT molecular complexity index is 429. The Labute approximate surface area is 113 Å². The van der Waals surface area contributed by atoms with Crippen LogP contribution in [0.2, 0.25) is 0 Å². The highest BCUT2D eigenvalue weighted by Gasteiger charge is 1.98. The highest BCUT2D eigenvalue weighted by atomic mass is 16.8. The summed E-state index contributed by atoms with van der Waals surface area (Å²) in [4.78, 5) is 16.1. The lowest BCUT2D eigenvalue weighted by Gasteiger charge is -2.09. The topological polar surface area (TPSA) is 56.8 Å². The van der Waals surface area contributed by atoms with Crippen molar-refractivity contribution in [2.45, 2.75) is 20.0 Å². The summed E-state index contributed by atoms with van der Waals surface area (Å²) in [7, 11) is 1.47. The van der Waals surface area contributed by atoms with E-state index in [9.17, 15) is 4.79 Å². The number of hydroxylamine groups is 1. The molecule has 0 atom stereocenters. The highest BCUT2D eigenvalue weighted by Crippen LogP contribution is 2.15. The summed E-state index contributed by atoms with van der Waals surface area (Å²) in [5.41, 5.74) is 3.09. The molecule has 5 nitrogen and oxygen atoms in total. The van der Waals surface area contributed by atoms with Gasteiger partial charge in [-0.1, -0.05) is 12.1 Å². The van der Waals surface area contributed by atoms with E-state index in [1.165, 1.54) is 13.2 Å². The molecule has 19 heavy (non-hydrogen) atoms. The zero-order valence-electron chi connectivity index (χ0n) is 11.4. The molecule has 0 fully saturated rings. The second kappa shape index (κ2) is 8.29. The largest absolute Gasteiger partial charge is 0.491 e. The van der Waals surface area contributed by atoms with Crippen LogP contribution in [-0.4, -0.2) is 25.9 Å². The summed E-state index contributed by atoms with van der Waals surface area (Å²) in [6, 6.07) is 7.49. The van der Waals surface area contributed by atoms with Gasteiger partial charge in [0, 0.05) is 13.2 Å². The number of hydrogen-bond donors (Lipinski definition) is 1. The first kappa shape index (κ1) is 15.2. The minimum Gasteiger partial charge on any atom is -0.491 e. The molecular formula is C14H19NO4. The van der Waals surface area contributed by atoms with Crippen LogP contribution in [0.25, 0.3) is 6.08 Å². The molecule has 0 aromatic heterocycles. The summed E-state index contributed by atoms with van der Waals surface area (Å²) < 4.78 is 10.2. The number of ether oxygens (including phenoxy) is 2. The van der Waals surface area contributed by atoms with E-state index in [4.69, 9.17) is 9.57 Å². The van der Waals surface area contributed by atoms with E-state index in [-0.39, 0.29) is 18.8 Å². The summed E-state index contributed by atoms with van der Waals surface area (Å²) in [5.74, 6) is 0.417. The first-order valence-electron chi connectivity index (χ1n) is 5.97. The summed E-state index contributed by atoms with van der Waals surface area (Å²) in [6.45, 7) is 3.93. The molecule has 104 valence electrons. The summed E-state index contributed by atoms with van der Waals surface area (Å²) >= 11 is 0. The van der Waals surface area contributed by atoms with Crippen molar-refractivity contribution < 1.29 is 19.1 Å². The van der Waals surface area contributed by atoms with E-state index in [0.29, 0.717) is 0 Å². The van der Waals surface area contributed by atoms with Gasteiger partial charge in [-0.25, -0.2) is 10.3 Å². The quantitative estimate of drug-likeness (QED) is 0.355. The zero-order valence-corrected chi connectivity index (χ0v) is 11.4. The molecule has 0 aliphatic carbocycles. The van der Waals surface area contributed by atoms with Gasteiger partial charge in [-0.2, -0.15) is 0 Å². The van der Waals surface area contributed by atoms with Crippen molar-refractivity contribution in [2.24, 2.45) is 0 Å². The second-order valence-electron chi connectivity index (χ2n) is 4.09. The van der Waals surface area contributed by atoms with Gasteiger partial charge >= 0.3 is 0 Å². The lowest BCUT2D eigenvalue weighted by Crippen LogP contribution is -2.22. The molecule has 0 aliphatic rings. The van der Waals surface area contributed by atoms with E-state index in [1.807, 2.05) is 38.1 Å². The third kappa shape index (κ3) is 6.59. The maximum atomic E-state index is 11.3. The molecule has 0 unspecified atom stereocenters. The molecule has 0 saturated heterocycles. The second-order valence-corrected chi connectivity index (χ2v) is 4.09. The number of carbonyl (C=O) groups is 1. The average molecular weight is 265 g/mol. The Kier molecular flexibility index (Phi) is 6.63. The number of benzene rings is 1. The molecule has 5 heteroatoms. The van der Waals surface area contributed by atoms with Crippen molar-refractivity contribution in [2.75, 3.05) is 13.9 Å². The van der Waals surface area contributed by atoms with Crippen molar-refractivity contribution in [1.82, 2.24) is 5.48 Å². The van der Waals surface area contributed by atoms with Crippen molar-refractivity contribution in [3.8, 4) is 5.75 Å². The molecule has 0 bridgehead atoms. The van der Waals surface area contributed by atoms with Gasteiger partial charge in [-0.05, 0) is 37.6 Å². The van der Waals surface area contributed by atoms with Crippen molar-refractivity contribution in [1.29, 1.82) is 0 Å². The summed E-state index contributed by atoms with van der Waals surface area (Å²) in [6.07, 6.45) is 3.17. The Morgan fingerprint density at radius 2 is 2.21 bits per heavy atom. The zero-order chi connectivity index (χ0) is 14.1. The molecule has 0 aliphatic heterocycles. The van der Waals surface area contributed by atoms with Crippen LogP contribution in [0.1, 0.15) is 19.4 Å². The lowest BCUT2D eigenvalue weighted by atomic mass is 10.2. The fraction of sp³-hybridized carbons (Fsp3) is 0.357. The molecule has 1 N–H and O–H groups in total. The minimum absolute atomic E-state index is 0.0112. The smallest absolute Gasteiger partial charge is 0.267 e. The molecule has 1 aromatic carbocycles. The molecule has 1 amide bonds. The third-order valence-corrected chi connectivity index (χ3v) is 2.01. The standard InChI is InChI=1S/C14H19NO4/c1-11(2)19-13-6-4-5-12(9-13)7-8-14(16)15-18-10-17-3/h4-9,11H,10H2,1-3H3,(H,15,16)/b8-7+. The predicted molar refractivity (Wildman–Crippen MR) is 72.3 cm³/mol. The van der Waals surface area contributed by atoms with Gasteiger partial charge in [0.2, 0.25) is 0 Å². The van der Waals surface area contributed by atoms with Crippen LogP contribution in [0, 0.1) is 0 Å². The molecule has 1 rings (SSSR count). The SMILES string of the molecule is COCONC(=O)/C=C/c1cccc(OC(C)C)c1. The third-order valence-electron chi connectivity index (χ3n) is 2.01. The van der Waals surface area contributed by atoms with Crippen LogP contribution in [0.4, 0.5) is 0 Å². The number of nitrogens with one attached hydrogen (secondary N) is 1. The van der Waals surface area contributed by atoms with Gasteiger partial charge in [0.15, 0.2) is 6.79 Å². The number of carbonyl (C=O) groups excluding carboxylic acids is 1. The minimum atomic E-state index is -0.354. The fourth-order valence-corrected chi connectivity index (χ4v) is 1.33. The number of amides is 1. The molecular weight excluding hydrogens is 246 g/mol. The van der Waals surface area contributed by atoms with Gasteiger partial charge in [0.25, 0.3) is 5.91 Å². The molecule has 0 spiro atoms. The first-order chi connectivity index (χ1) is 9.11. The number of rotatable bonds is 7. The van der Waals surface area contributed by atoms with Gasteiger partial charge in [-0.3, -0.25) is 4.79 Å². The van der Waals surface area contributed by atoms with Crippen LogP contribution in [0.3, 0.4) is 0 Å². The average Bonchev–Trinajstić information content (AvgIpc) is 2.36. The van der Waals surface area contributed by atoms with Crippen LogP contribution in [0.15, 0.2) is 30.3 Å². The van der Waals surface area contributed by atoms with Crippen molar-refractivity contribution in [3.05, 3.63) is 35.9 Å². The Morgan fingerprint density at radius 1 is 1.42 bits per heavy atom. The Balaban J connectivity index is 2.53. The number of hydrogen-bond acceptors (Lipinski definition) is 4. The van der Waals surface area contributed by atoms with Crippen molar-refractivity contribution >= 4 is 12.0 Å². The number of methoxy groups -OCH3 is 1. The molecule has 0 saturated carbocycles. The predicted octanol–water partition coefficient (Wildman–Crippen LogP) is 2.14. The Hall–Kier alpha value is -1.85. The molecule has 0 heterocycles. The van der Waals surface area contributed by atoms with E-state index in [2.05, 4.69) is 10.2 Å². The van der Waals surface area contributed by atoms with E-state index < -0.39 is 0 Å². The van der Waals surface area contributed by atoms with Crippen molar-refractivity contribution in [3.63, 3.8) is 0 Å². The maximum Gasteiger partial charge on any atom is 0.267 e. The van der Waals surface area contributed by atoms with Crippen LogP contribution in [-0.2, 0) is 14.4 Å².